The van der Waals surface area contributed by atoms with Crippen LogP contribution in [0.5, 0.6) is 0 Å². The number of hydrogen-bond acceptors (Lipinski definition) is 4. The Bertz CT molecular complexity index is 216. The summed E-state index contributed by atoms with van der Waals surface area (Å²) in [5.74, 6) is 0. The van der Waals surface area contributed by atoms with Gasteiger partial charge in [-0.15, -0.1) is 0 Å². The molecule has 0 N–H and O–H groups in total. The van der Waals surface area contributed by atoms with Crippen LogP contribution in [0.1, 0.15) is 48.5 Å². The molecular formula is C16H35NO3. The zero-order valence-electron chi connectivity index (χ0n) is 14.7. The Kier molecular flexibility index (Phi) is 10.5. The molecule has 0 saturated heterocycles. The maximum absolute atomic E-state index is 5.84. The van der Waals surface area contributed by atoms with E-state index in [1.807, 2.05) is 0 Å². The average Bonchev–Trinajstić information content (AvgIpc) is 2.25. The van der Waals surface area contributed by atoms with E-state index >= 15 is 0 Å². The van der Waals surface area contributed by atoms with Gasteiger partial charge < -0.3 is 14.2 Å². The monoisotopic (exact) mass is 289 g/mol. The van der Waals surface area contributed by atoms with Crippen LogP contribution in [0.25, 0.3) is 0 Å². The summed E-state index contributed by atoms with van der Waals surface area (Å²) in [6, 6.07) is 0. The van der Waals surface area contributed by atoms with Gasteiger partial charge in [-0.05, 0) is 48.5 Å². The summed E-state index contributed by atoms with van der Waals surface area (Å²) in [4.78, 5) is 2.37. The van der Waals surface area contributed by atoms with Crippen molar-refractivity contribution in [1.82, 2.24) is 4.90 Å². The van der Waals surface area contributed by atoms with E-state index in [-0.39, 0.29) is 30.5 Å². The highest BCUT2D eigenvalue weighted by Crippen LogP contribution is 2.07. The van der Waals surface area contributed by atoms with E-state index in [0.29, 0.717) is 0 Å². The molecule has 4 nitrogen and oxygen atoms in total. The first-order valence-corrected chi connectivity index (χ1v) is 7.80. The van der Waals surface area contributed by atoms with Crippen LogP contribution >= 0.6 is 0 Å². The third kappa shape index (κ3) is 10.6. The molecule has 0 aliphatic carbocycles. The van der Waals surface area contributed by atoms with Crippen LogP contribution in [0, 0.1) is 0 Å². The van der Waals surface area contributed by atoms with E-state index in [1.165, 1.54) is 0 Å². The Hall–Kier alpha value is -0.160. The van der Waals surface area contributed by atoms with Crippen molar-refractivity contribution < 1.29 is 14.2 Å². The molecule has 20 heavy (non-hydrogen) atoms. The molecule has 0 fully saturated rings. The number of nitrogens with zero attached hydrogens (tertiary/aromatic N) is 1. The first-order valence-electron chi connectivity index (χ1n) is 7.80. The van der Waals surface area contributed by atoms with Crippen LogP contribution in [-0.2, 0) is 14.2 Å². The SMILES string of the molecule is COC(C)CN(CC(C)OC(C)C)CC(C)OC(C)C. The molecule has 0 rings (SSSR count). The average molecular weight is 289 g/mol. The summed E-state index contributed by atoms with van der Waals surface area (Å²) in [6.07, 6.45) is 1.16. The number of ether oxygens (including phenoxy) is 3. The molecule has 0 heterocycles. The second-order valence-corrected chi connectivity index (χ2v) is 6.26. The lowest BCUT2D eigenvalue weighted by Crippen LogP contribution is -2.42. The fourth-order valence-electron chi connectivity index (χ4n) is 2.40. The van der Waals surface area contributed by atoms with Gasteiger partial charge in [0.25, 0.3) is 0 Å². The Balaban J connectivity index is 4.39. The van der Waals surface area contributed by atoms with E-state index < -0.39 is 0 Å². The lowest BCUT2D eigenvalue weighted by Gasteiger charge is -2.31. The highest BCUT2D eigenvalue weighted by molar-refractivity contribution is 4.70. The predicted octanol–water partition coefficient (Wildman–Crippen LogP) is 2.95. The first-order chi connectivity index (χ1) is 9.24. The number of hydrogen-bond donors (Lipinski definition) is 0. The molecule has 0 bridgehead atoms. The van der Waals surface area contributed by atoms with Gasteiger partial charge in [0.15, 0.2) is 0 Å². The highest BCUT2D eigenvalue weighted by Gasteiger charge is 2.18. The van der Waals surface area contributed by atoms with E-state index in [1.54, 1.807) is 7.11 Å². The van der Waals surface area contributed by atoms with Gasteiger partial charge in [-0.25, -0.2) is 0 Å². The molecule has 0 aliphatic rings. The van der Waals surface area contributed by atoms with E-state index in [2.05, 4.69) is 53.4 Å². The quantitative estimate of drug-likeness (QED) is 0.585. The van der Waals surface area contributed by atoms with Gasteiger partial charge >= 0.3 is 0 Å². The molecule has 0 aromatic rings. The molecule has 0 amide bonds. The van der Waals surface area contributed by atoms with Gasteiger partial charge in [-0.1, -0.05) is 0 Å². The van der Waals surface area contributed by atoms with Crippen molar-refractivity contribution in [2.45, 2.75) is 79.0 Å². The summed E-state index contributed by atoms with van der Waals surface area (Å²) >= 11 is 0. The Morgan fingerprint density at radius 2 is 1.00 bits per heavy atom. The maximum Gasteiger partial charge on any atom is 0.0677 e. The lowest BCUT2D eigenvalue weighted by molar-refractivity contribution is -0.0385. The summed E-state index contributed by atoms with van der Waals surface area (Å²) in [5.41, 5.74) is 0. The second-order valence-electron chi connectivity index (χ2n) is 6.26. The van der Waals surface area contributed by atoms with Gasteiger partial charge in [0.05, 0.1) is 30.5 Å². The fourth-order valence-corrected chi connectivity index (χ4v) is 2.40. The molecule has 3 atom stereocenters. The minimum atomic E-state index is 0.213. The Morgan fingerprint density at radius 3 is 1.30 bits per heavy atom. The van der Waals surface area contributed by atoms with Crippen LogP contribution in [0.2, 0.25) is 0 Å². The van der Waals surface area contributed by atoms with Crippen molar-refractivity contribution in [2.24, 2.45) is 0 Å². The molecule has 0 aliphatic heterocycles. The Morgan fingerprint density at radius 1 is 0.650 bits per heavy atom. The van der Waals surface area contributed by atoms with Gasteiger partial charge in [0.1, 0.15) is 0 Å². The van der Waals surface area contributed by atoms with Crippen molar-refractivity contribution in [2.75, 3.05) is 26.7 Å². The van der Waals surface area contributed by atoms with Crippen molar-refractivity contribution >= 4 is 0 Å². The van der Waals surface area contributed by atoms with Gasteiger partial charge in [-0.2, -0.15) is 0 Å². The summed E-state index contributed by atoms with van der Waals surface area (Å²) in [7, 11) is 1.75. The van der Waals surface area contributed by atoms with Gasteiger partial charge in [-0.3, -0.25) is 4.90 Å². The van der Waals surface area contributed by atoms with Crippen LogP contribution < -0.4 is 0 Å². The van der Waals surface area contributed by atoms with Crippen molar-refractivity contribution in [3.8, 4) is 0 Å². The lowest BCUT2D eigenvalue weighted by atomic mass is 10.2. The number of rotatable bonds is 11. The van der Waals surface area contributed by atoms with Crippen LogP contribution in [0.15, 0.2) is 0 Å². The molecule has 0 radical (unpaired) electrons. The first kappa shape index (κ1) is 19.8. The molecular weight excluding hydrogens is 254 g/mol. The van der Waals surface area contributed by atoms with E-state index in [0.717, 1.165) is 19.6 Å². The normalized spacial score (nSPS) is 16.9. The minimum Gasteiger partial charge on any atom is -0.380 e. The maximum atomic E-state index is 5.84. The van der Waals surface area contributed by atoms with Crippen molar-refractivity contribution in [1.29, 1.82) is 0 Å². The summed E-state index contributed by atoms with van der Waals surface area (Å²) in [5, 5.41) is 0. The minimum absolute atomic E-state index is 0.213. The van der Waals surface area contributed by atoms with Gasteiger partial charge in [0, 0.05) is 26.7 Å². The van der Waals surface area contributed by atoms with Crippen LogP contribution in [-0.4, -0.2) is 62.2 Å². The molecule has 0 aromatic carbocycles. The molecule has 0 aromatic heterocycles. The van der Waals surface area contributed by atoms with Crippen LogP contribution in [0.4, 0.5) is 0 Å². The second kappa shape index (κ2) is 10.6. The highest BCUT2D eigenvalue weighted by atomic mass is 16.5. The Labute approximate surface area is 125 Å². The summed E-state index contributed by atoms with van der Waals surface area (Å²) in [6.45, 7) is 17.3. The van der Waals surface area contributed by atoms with Crippen molar-refractivity contribution in [3.63, 3.8) is 0 Å². The zero-order valence-corrected chi connectivity index (χ0v) is 14.7. The third-order valence-corrected chi connectivity index (χ3v) is 2.96. The van der Waals surface area contributed by atoms with E-state index in [4.69, 9.17) is 14.2 Å². The summed E-state index contributed by atoms with van der Waals surface area (Å²) < 4.78 is 17.1. The third-order valence-electron chi connectivity index (χ3n) is 2.96. The topological polar surface area (TPSA) is 30.9 Å². The van der Waals surface area contributed by atoms with E-state index in [9.17, 15) is 0 Å². The van der Waals surface area contributed by atoms with Crippen LogP contribution in [0.3, 0.4) is 0 Å². The van der Waals surface area contributed by atoms with Crippen molar-refractivity contribution in [3.05, 3.63) is 0 Å². The molecule has 0 spiro atoms. The molecule has 3 unspecified atom stereocenters. The standard InChI is InChI=1S/C16H35NO3/c1-12(2)19-15(6)10-17(9-14(5)18-8)11-16(7)20-13(3)4/h12-16H,9-11H2,1-8H3. The molecule has 0 saturated carbocycles. The smallest absolute Gasteiger partial charge is 0.0677 e. The largest absolute Gasteiger partial charge is 0.380 e. The number of methoxy groups -OCH3 is 1. The fraction of sp³-hybridized carbons (Fsp3) is 1.00. The predicted molar refractivity (Wildman–Crippen MR) is 84.3 cm³/mol. The molecule has 122 valence electrons. The van der Waals surface area contributed by atoms with Gasteiger partial charge in [0.2, 0.25) is 0 Å². The molecule has 4 heteroatoms. The zero-order chi connectivity index (χ0) is 15.7.